The third kappa shape index (κ3) is 2.03. The highest BCUT2D eigenvalue weighted by atomic mass is 16.1. The van der Waals surface area contributed by atoms with Crippen LogP contribution in [0.25, 0.3) is 5.65 Å². The standard InChI is InChI=1S/C14H15N7O/c1-9-18-19-12-4-3-10(8-20(9)12)17-14(22)11-7-16-21-6-2-5-15-13(11)21/h2,5-7,10H,3-4,8H2,1H3,(H,17,22)/t10-/m0/s1. The molecule has 0 unspecified atom stereocenters. The number of nitrogens with zero attached hydrogens (tertiary/aromatic N) is 6. The molecule has 4 heterocycles. The lowest BCUT2D eigenvalue weighted by Gasteiger charge is -2.24. The maximum Gasteiger partial charge on any atom is 0.257 e. The molecule has 22 heavy (non-hydrogen) atoms. The van der Waals surface area contributed by atoms with Crippen molar-refractivity contribution in [3.63, 3.8) is 0 Å². The Kier molecular flexibility index (Phi) is 2.88. The van der Waals surface area contributed by atoms with Crippen LogP contribution in [-0.4, -0.2) is 41.3 Å². The zero-order valence-corrected chi connectivity index (χ0v) is 12.1. The first-order valence-electron chi connectivity index (χ1n) is 7.20. The van der Waals surface area contributed by atoms with Gasteiger partial charge in [0.2, 0.25) is 0 Å². The van der Waals surface area contributed by atoms with Gasteiger partial charge in [0.25, 0.3) is 5.91 Å². The van der Waals surface area contributed by atoms with Crippen LogP contribution in [0.15, 0.2) is 24.7 Å². The lowest BCUT2D eigenvalue weighted by atomic mass is 10.1. The van der Waals surface area contributed by atoms with Gasteiger partial charge in [0.1, 0.15) is 17.2 Å². The highest BCUT2D eigenvalue weighted by molar-refractivity contribution is 5.99. The van der Waals surface area contributed by atoms with Crippen LogP contribution in [0.2, 0.25) is 0 Å². The molecular formula is C14H15N7O. The number of carbonyl (C=O) groups is 1. The average Bonchev–Trinajstić information content (AvgIpc) is 3.12. The van der Waals surface area contributed by atoms with Crippen molar-refractivity contribution >= 4 is 11.6 Å². The summed E-state index contributed by atoms with van der Waals surface area (Å²) in [4.78, 5) is 16.7. The zero-order valence-electron chi connectivity index (χ0n) is 12.1. The first-order valence-corrected chi connectivity index (χ1v) is 7.20. The van der Waals surface area contributed by atoms with Gasteiger partial charge in [-0.2, -0.15) is 5.10 Å². The van der Waals surface area contributed by atoms with Crippen molar-refractivity contribution in [3.05, 3.63) is 41.9 Å². The SMILES string of the molecule is Cc1nnc2n1C[C@@H](NC(=O)c1cnn3cccnc13)CC2. The molecule has 0 saturated heterocycles. The van der Waals surface area contributed by atoms with Crippen molar-refractivity contribution in [1.29, 1.82) is 0 Å². The highest BCUT2D eigenvalue weighted by Crippen LogP contribution is 2.15. The van der Waals surface area contributed by atoms with E-state index >= 15 is 0 Å². The van der Waals surface area contributed by atoms with Gasteiger partial charge in [0.05, 0.1) is 6.20 Å². The van der Waals surface area contributed by atoms with Crippen LogP contribution in [0.4, 0.5) is 0 Å². The molecule has 0 saturated carbocycles. The molecule has 3 aromatic heterocycles. The van der Waals surface area contributed by atoms with Crippen LogP contribution in [0, 0.1) is 6.92 Å². The van der Waals surface area contributed by atoms with Gasteiger partial charge in [-0.3, -0.25) is 4.79 Å². The van der Waals surface area contributed by atoms with Gasteiger partial charge in [-0.1, -0.05) is 0 Å². The third-order valence-electron chi connectivity index (χ3n) is 3.99. The highest BCUT2D eigenvalue weighted by Gasteiger charge is 2.24. The summed E-state index contributed by atoms with van der Waals surface area (Å²) in [6.07, 6.45) is 6.65. The quantitative estimate of drug-likeness (QED) is 0.738. The van der Waals surface area contributed by atoms with E-state index < -0.39 is 0 Å². The summed E-state index contributed by atoms with van der Waals surface area (Å²) >= 11 is 0. The fourth-order valence-electron chi connectivity index (χ4n) is 2.83. The fraction of sp³-hybridized carbons (Fsp3) is 0.357. The molecule has 0 radical (unpaired) electrons. The van der Waals surface area contributed by atoms with Gasteiger partial charge in [-0.05, 0) is 19.4 Å². The summed E-state index contributed by atoms with van der Waals surface area (Å²) in [6, 6.07) is 1.84. The second-order valence-corrected chi connectivity index (χ2v) is 5.43. The van der Waals surface area contributed by atoms with Crippen molar-refractivity contribution in [2.75, 3.05) is 0 Å². The third-order valence-corrected chi connectivity index (χ3v) is 3.99. The Morgan fingerprint density at radius 3 is 3.23 bits per heavy atom. The number of rotatable bonds is 2. The lowest BCUT2D eigenvalue weighted by molar-refractivity contribution is 0.0928. The zero-order chi connectivity index (χ0) is 15.1. The van der Waals surface area contributed by atoms with E-state index in [9.17, 15) is 4.79 Å². The first kappa shape index (κ1) is 12.9. The summed E-state index contributed by atoms with van der Waals surface area (Å²) in [7, 11) is 0. The smallest absolute Gasteiger partial charge is 0.257 e. The predicted molar refractivity (Wildman–Crippen MR) is 77.3 cm³/mol. The number of hydrogen-bond donors (Lipinski definition) is 1. The van der Waals surface area contributed by atoms with E-state index in [1.54, 1.807) is 29.2 Å². The number of fused-ring (bicyclic) bond motifs is 2. The molecule has 1 aliphatic heterocycles. The number of amides is 1. The number of carbonyl (C=O) groups excluding carboxylic acids is 1. The second kappa shape index (κ2) is 4.90. The maximum atomic E-state index is 12.5. The van der Waals surface area contributed by atoms with E-state index in [4.69, 9.17) is 0 Å². The monoisotopic (exact) mass is 297 g/mol. The Morgan fingerprint density at radius 1 is 1.41 bits per heavy atom. The van der Waals surface area contributed by atoms with E-state index in [0.29, 0.717) is 17.8 Å². The van der Waals surface area contributed by atoms with Gasteiger partial charge < -0.3 is 9.88 Å². The Morgan fingerprint density at radius 2 is 2.32 bits per heavy atom. The van der Waals surface area contributed by atoms with Gasteiger partial charge >= 0.3 is 0 Å². The summed E-state index contributed by atoms with van der Waals surface area (Å²) < 4.78 is 3.65. The normalized spacial score (nSPS) is 17.4. The largest absolute Gasteiger partial charge is 0.347 e. The van der Waals surface area contributed by atoms with Crippen molar-refractivity contribution < 1.29 is 4.79 Å². The molecule has 0 aromatic carbocycles. The van der Waals surface area contributed by atoms with Crippen LogP contribution < -0.4 is 5.32 Å². The predicted octanol–water partition coefficient (Wildman–Crippen LogP) is 0.374. The maximum absolute atomic E-state index is 12.5. The number of aryl methyl sites for hydroxylation is 2. The number of aromatic nitrogens is 6. The minimum Gasteiger partial charge on any atom is -0.347 e. The minimum atomic E-state index is -0.145. The van der Waals surface area contributed by atoms with Gasteiger partial charge in [0, 0.05) is 31.4 Å². The topological polar surface area (TPSA) is 90.0 Å². The second-order valence-electron chi connectivity index (χ2n) is 5.43. The average molecular weight is 297 g/mol. The van der Waals surface area contributed by atoms with E-state index in [2.05, 4.69) is 30.2 Å². The Labute approximate surface area is 126 Å². The van der Waals surface area contributed by atoms with E-state index in [0.717, 1.165) is 24.5 Å². The van der Waals surface area contributed by atoms with Crippen LogP contribution in [0.3, 0.4) is 0 Å². The summed E-state index contributed by atoms with van der Waals surface area (Å²) in [5.74, 6) is 1.72. The summed E-state index contributed by atoms with van der Waals surface area (Å²) in [6.45, 7) is 2.63. The van der Waals surface area contributed by atoms with Crippen molar-refractivity contribution in [2.45, 2.75) is 32.4 Å². The molecule has 1 amide bonds. The van der Waals surface area contributed by atoms with E-state index in [-0.39, 0.29) is 11.9 Å². The molecule has 0 spiro atoms. The van der Waals surface area contributed by atoms with Gasteiger partial charge in [-0.25, -0.2) is 9.50 Å². The minimum absolute atomic E-state index is 0.0633. The molecule has 1 atom stereocenters. The Hall–Kier alpha value is -2.77. The van der Waals surface area contributed by atoms with Crippen LogP contribution in [0.1, 0.15) is 28.4 Å². The van der Waals surface area contributed by atoms with Crippen molar-refractivity contribution in [3.8, 4) is 0 Å². The van der Waals surface area contributed by atoms with Crippen LogP contribution >= 0.6 is 0 Å². The Balaban J connectivity index is 1.54. The van der Waals surface area contributed by atoms with Crippen LogP contribution in [0.5, 0.6) is 0 Å². The first-order chi connectivity index (χ1) is 10.7. The fourth-order valence-corrected chi connectivity index (χ4v) is 2.83. The molecule has 4 rings (SSSR count). The van der Waals surface area contributed by atoms with Gasteiger partial charge in [0.15, 0.2) is 5.65 Å². The van der Waals surface area contributed by atoms with Crippen LogP contribution in [-0.2, 0) is 13.0 Å². The molecule has 1 aliphatic rings. The summed E-state index contributed by atoms with van der Waals surface area (Å²) in [5, 5.41) is 15.4. The van der Waals surface area contributed by atoms with Crippen molar-refractivity contribution in [1.82, 2.24) is 34.7 Å². The molecular weight excluding hydrogens is 282 g/mol. The van der Waals surface area contributed by atoms with E-state index in [1.807, 2.05) is 6.92 Å². The number of nitrogens with one attached hydrogen (secondary N) is 1. The molecule has 8 nitrogen and oxygen atoms in total. The van der Waals surface area contributed by atoms with Crippen molar-refractivity contribution in [2.24, 2.45) is 0 Å². The lowest BCUT2D eigenvalue weighted by Crippen LogP contribution is -2.41. The Bertz CT molecular complexity index is 850. The summed E-state index contributed by atoms with van der Waals surface area (Å²) in [5.41, 5.74) is 1.06. The molecule has 1 N–H and O–H groups in total. The molecule has 0 bridgehead atoms. The van der Waals surface area contributed by atoms with E-state index in [1.165, 1.54) is 0 Å². The molecule has 112 valence electrons. The number of hydrogen-bond acceptors (Lipinski definition) is 5. The molecule has 3 aromatic rings. The molecule has 8 heteroatoms. The molecule has 0 fully saturated rings. The molecule has 0 aliphatic carbocycles. The van der Waals surface area contributed by atoms with Gasteiger partial charge in [-0.15, -0.1) is 10.2 Å².